The van der Waals surface area contributed by atoms with Gasteiger partial charge in [-0.15, -0.1) is 5.10 Å². The molecule has 6 nitrogen and oxygen atoms in total. The molecule has 3 rings (SSSR count). The summed E-state index contributed by atoms with van der Waals surface area (Å²) in [4.78, 5) is 12.3. The van der Waals surface area contributed by atoms with Gasteiger partial charge in [-0.3, -0.25) is 4.79 Å². The largest absolute Gasteiger partial charge is 0.346 e. The number of aromatic nitrogens is 4. The van der Waals surface area contributed by atoms with E-state index in [1.54, 1.807) is 16.8 Å². The molecule has 25 heavy (non-hydrogen) atoms. The summed E-state index contributed by atoms with van der Waals surface area (Å²) < 4.78 is 2.53. The topological polar surface area (TPSA) is 72.7 Å². The van der Waals surface area contributed by atoms with Crippen LogP contribution in [-0.2, 0) is 11.2 Å². The molecule has 1 aromatic heterocycles. The number of nitrogens with one attached hydrogen (secondary N) is 1. The summed E-state index contributed by atoms with van der Waals surface area (Å²) in [5, 5.41) is 15.4. The van der Waals surface area contributed by atoms with Gasteiger partial charge in [0.05, 0.1) is 18.2 Å². The van der Waals surface area contributed by atoms with E-state index in [9.17, 15) is 4.79 Å². The molecule has 0 saturated heterocycles. The second kappa shape index (κ2) is 7.76. The van der Waals surface area contributed by atoms with Gasteiger partial charge in [-0.2, -0.15) is 4.68 Å². The van der Waals surface area contributed by atoms with E-state index in [0.717, 1.165) is 15.7 Å². The van der Waals surface area contributed by atoms with Gasteiger partial charge in [-0.05, 0) is 53.2 Å². The Morgan fingerprint density at radius 3 is 2.76 bits per heavy atom. The fraction of sp³-hybridized carbons (Fsp3) is 0.176. The Morgan fingerprint density at radius 1 is 1.28 bits per heavy atom. The van der Waals surface area contributed by atoms with E-state index < -0.39 is 0 Å². The third kappa shape index (κ3) is 4.43. The SMILES string of the molecule is CC(NC(=O)Cc1ccc(Cl)cc1)c1nnnn1-c1cccc(Br)c1. The summed E-state index contributed by atoms with van der Waals surface area (Å²) in [7, 11) is 0. The number of benzene rings is 2. The minimum atomic E-state index is -0.339. The molecule has 3 aromatic rings. The number of amides is 1. The molecule has 1 N–H and O–H groups in total. The van der Waals surface area contributed by atoms with Gasteiger partial charge in [0, 0.05) is 9.50 Å². The third-order valence-electron chi connectivity index (χ3n) is 3.59. The zero-order valence-electron chi connectivity index (χ0n) is 13.4. The van der Waals surface area contributed by atoms with Gasteiger partial charge in [0.1, 0.15) is 0 Å². The molecular weight excluding hydrogens is 406 g/mol. The fourth-order valence-electron chi connectivity index (χ4n) is 2.40. The molecule has 1 amide bonds. The van der Waals surface area contributed by atoms with Crippen molar-refractivity contribution in [3.63, 3.8) is 0 Å². The van der Waals surface area contributed by atoms with Crippen LogP contribution < -0.4 is 5.32 Å². The zero-order chi connectivity index (χ0) is 17.8. The molecule has 0 radical (unpaired) electrons. The molecule has 1 atom stereocenters. The Hall–Kier alpha value is -2.25. The first-order chi connectivity index (χ1) is 12.0. The Kier molecular flexibility index (Phi) is 5.45. The zero-order valence-corrected chi connectivity index (χ0v) is 15.7. The van der Waals surface area contributed by atoms with Crippen LogP contribution in [0.25, 0.3) is 5.69 Å². The van der Waals surface area contributed by atoms with Gasteiger partial charge in [-0.1, -0.05) is 45.7 Å². The minimum Gasteiger partial charge on any atom is -0.346 e. The van der Waals surface area contributed by atoms with Crippen LogP contribution in [0.1, 0.15) is 24.4 Å². The Morgan fingerprint density at radius 2 is 2.04 bits per heavy atom. The second-order valence-electron chi connectivity index (χ2n) is 5.52. The first-order valence-electron chi connectivity index (χ1n) is 7.61. The van der Waals surface area contributed by atoms with Crippen molar-refractivity contribution in [3.8, 4) is 5.69 Å². The standard InChI is InChI=1S/C17H15BrClN5O/c1-11(20-16(25)9-12-5-7-14(19)8-6-12)17-21-22-23-24(17)15-4-2-3-13(18)10-15/h2-8,10-11H,9H2,1H3,(H,20,25). The molecule has 0 aliphatic carbocycles. The maximum absolute atomic E-state index is 12.3. The highest BCUT2D eigenvalue weighted by Gasteiger charge is 2.18. The first-order valence-corrected chi connectivity index (χ1v) is 8.78. The predicted octanol–water partition coefficient (Wildman–Crippen LogP) is 3.50. The number of nitrogens with zero attached hydrogens (tertiary/aromatic N) is 4. The number of carbonyl (C=O) groups excluding carboxylic acids is 1. The summed E-state index contributed by atoms with van der Waals surface area (Å²) >= 11 is 9.29. The van der Waals surface area contributed by atoms with E-state index in [4.69, 9.17) is 11.6 Å². The number of carbonyl (C=O) groups is 1. The normalized spacial score (nSPS) is 12.0. The monoisotopic (exact) mass is 419 g/mol. The predicted molar refractivity (Wildman–Crippen MR) is 98.6 cm³/mol. The van der Waals surface area contributed by atoms with Crippen molar-refractivity contribution in [3.05, 3.63) is 69.4 Å². The number of hydrogen-bond acceptors (Lipinski definition) is 4. The van der Waals surface area contributed by atoms with Gasteiger partial charge in [0.25, 0.3) is 0 Å². The summed E-state index contributed by atoms with van der Waals surface area (Å²) in [6.07, 6.45) is 0.264. The number of tetrazole rings is 1. The summed E-state index contributed by atoms with van der Waals surface area (Å²) in [5.74, 6) is 0.446. The van der Waals surface area contributed by atoms with Crippen LogP contribution in [0, 0.1) is 0 Å². The van der Waals surface area contributed by atoms with Crippen LogP contribution in [0.5, 0.6) is 0 Å². The quantitative estimate of drug-likeness (QED) is 0.686. The van der Waals surface area contributed by atoms with Crippen LogP contribution in [0.4, 0.5) is 0 Å². The van der Waals surface area contributed by atoms with Gasteiger partial charge in [0.15, 0.2) is 5.82 Å². The lowest BCUT2D eigenvalue weighted by atomic mass is 10.1. The second-order valence-corrected chi connectivity index (χ2v) is 6.87. The van der Waals surface area contributed by atoms with Crippen LogP contribution >= 0.6 is 27.5 Å². The van der Waals surface area contributed by atoms with Gasteiger partial charge >= 0.3 is 0 Å². The Labute approximate surface area is 158 Å². The molecule has 0 spiro atoms. The number of halogens is 2. The van der Waals surface area contributed by atoms with Crippen LogP contribution in [0.3, 0.4) is 0 Å². The molecule has 1 unspecified atom stereocenters. The molecule has 0 aliphatic heterocycles. The smallest absolute Gasteiger partial charge is 0.224 e. The van der Waals surface area contributed by atoms with Crippen LogP contribution in [0.15, 0.2) is 53.0 Å². The Balaban J connectivity index is 1.71. The molecule has 2 aromatic carbocycles. The van der Waals surface area contributed by atoms with Gasteiger partial charge in [-0.25, -0.2) is 0 Å². The molecule has 8 heteroatoms. The third-order valence-corrected chi connectivity index (χ3v) is 4.33. The van der Waals surface area contributed by atoms with Crippen molar-refractivity contribution in [1.82, 2.24) is 25.5 Å². The van der Waals surface area contributed by atoms with Crippen molar-refractivity contribution in [1.29, 1.82) is 0 Å². The minimum absolute atomic E-state index is 0.112. The highest BCUT2D eigenvalue weighted by molar-refractivity contribution is 9.10. The van der Waals surface area contributed by atoms with Crippen molar-refractivity contribution < 1.29 is 4.79 Å². The van der Waals surface area contributed by atoms with Crippen molar-refractivity contribution in [2.45, 2.75) is 19.4 Å². The maximum atomic E-state index is 12.3. The summed E-state index contributed by atoms with van der Waals surface area (Å²) in [5.41, 5.74) is 1.70. The van der Waals surface area contributed by atoms with E-state index in [0.29, 0.717) is 10.8 Å². The first kappa shape index (κ1) is 17.6. The lowest BCUT2D eigenvalue weighted by molar-refractivity contribution is -0.121. The highest BCUT2D eigenvalue weighted by Crippen LogP contribution is 2.18. The number of rotatable bonds is 5. The van der Waals surface area contributed by atoms with Crippen molar-refractivity contribution in [2.24, 2.45) is 0 Å². The molecule has 0 saturated carbocycles. The van der Waals surface area contributed by atoms with Crippen LogP contribution in [-0.4, -0.2) is 26.1 Å². The van der Waals surface area contributed by atoms with Crippen LogP contribution in [0.2, 0.25) is 5.02 Å². The number of hydrogen-bond donors (Lipinski definition) is 1. The van der Waals surface area contributed by atoms with Crippen molar-refractivity contribution in [2.75, 3.05) is 0 Å². The van der Waals surface area contributed by atoms with E-state index in [2.05, 4.69) is 36.8 Å². The molecule has 0 bridgehead atoms. The van der Waals surface area contributed by atoms with Gasteiger partial charge in [0.2, 0.25) is 5.91 Å². The lowest BCUT2D eigenvalue weighted by Gasteiger charge is -2.14. The van der Waals surface area contributed by atoms with E-state index in [-0.39, 0.29) is 18.4 Å². The van der Waals surface area contributed by atoms with E-state index >= 15 is 0 Å². The summed E-state index contributed by atoms with van der Waals surface area (Å²) in [6.45, 7) is 1.85. The molecule has 0 fully saturated rings. The Bertz CT molecular complexity index is 881. The average Bonchev–Trinajstić information content (AvgIpc) is 3.07. The molecule has 1 heterocycles. The molecular formula is C17H15BrClN5O. The fourth-order valence-corrected chi connectivity index (χ4v) is 2.91. The molecule has 128 valence electrons. The summed E-state index contributed by atoms with van der Waals surface area (Å²) in [6, 6.07) is 14.5. The maximum Gasteiger partial charge on any atom is 0.224 e. The average molecular weight is 421 g/mol. The van der Waals surface area contributed by atoms with Gasteiger partial charge < -0.3 is 5.32 Å². The highest BCUT2D eigenvalue weighted by atomic mass is 79.9. The molecule has 0 aliphatic rings. The van der Waals surface area contributed by atoms with E-state index in [1.165, 1.54) is 0 Å². The van der Waals surface area contributed by atoms with E-state index in [1.807, 2.05) is 43.3 Å². The lowest BCUT2D eigenvalue weighted by Crippen LogP contribution is -2.30. The van der Waals surface area contributed by atoms with Crippen molar-refractivity contribution >= 4 is 33.4 Å².